The van der Waals surface area contributed by atoms with Gasteiger partial charge in [-0.05, 0) is 61.7 Å². The maximum Gasteiger partial charge on any atom is 0.295 e. The summed E-state index contributed by atoms with van der Waals surface area (Å²) < 4.78 is 16.7. The molecule has 204 valence electrons. The van der Waals surface area contributed by atoms with Gasteiger partial charge in [0.25, 0.3) is 11.7 Å². The summed E-state index contributed by atoms with van der Waals surface area (Å²) in [5.41, 5.74) is 1.32. The number of aliphatic hydroxyl groups excluding tert-OH is 1. The first-order valence-electron chi connectivity index (χ1n) is 13.6. The van der Waals surface area contributed by atoms with Gasteiger partial charge in [0, 0.05) is 31.7 Å². The Morgan fingerprint density at radius 1 is 0.921 bits per heavy atom. The highest BCUT2D eigenvalue weighted by molar-refractivity contribution is 6.46. The van der Waals surface area contributed by atoms with Crippen molar-refractivity contribution in [3.63, 3.8) is 0 Å². The molecule has 0 spiro atoms. The third kappa shape index (κ3) is 6.55. The Morgan fingerprint density at radius 3 is 2.24 bits per heavy atom. The number of Topliss-reactive ketones (excluding diaryl/α,β-unsaturated/α-hetero) is 1. The Balaban J connectivity index is 1.62. The number of hydrogen-bond donors (Lipinski definition) is 1. The summed E-state index contributed by atoms with van der Waals surface area (Å²) in [5.74, 6) is -0.0417. The van der Waals surface area contributed by atoms with Gasteiger partial charge in [-0.2, -0.15) is 0 Å². The van der Waals surface area contributed by atoms with Crippen LogP contribution in [0.25, 0.3) is 5.76 Å². The topological polar surface area (TPSA) is 88.5 Å². The zero-order valence-corrected chi connectivity index (χ0v) is 22.4. The maximum atomic E-state index is 13.3. The second-order valence-electron chi connectivity index (χ2n) is 9.53. The van der Waals surface area contributed by atoms with Gasteiger partial charge in [-0.25, -0.2) is 0 Å². The third-order valence-corrected chi connectivity index (χ3v) is 6.92. The van der Waals surface area contributed by atoms with Crippen LogP contribution in [0.2, 0.25) is 0 Å². The minimum Gasteiger partial charge on any atom is -0.507 e. The summed E-state index contributed by atoms with van der Waals surface area (Å²) >= 11 is 0. The van der Waals surface area contributed by atoms with Crippen LogP contribution in [0.4, 0.5) is 0 Å². The van der Waals surface area contributed by atoms with E-state index in [4.69, 9.17) is 14.2 Å². The van der Waals surface area contributed by atoms with Gasteiger partial charge >= 0.3 is 0 Å². The van der Waals surface area contributed by atoms with Gasteiger partial charge in [0.1, 0.15) is 17.3 Å². The first-order valence-corrected chi connectivity index (χ1v) is 13.6. The summed E-state index contributed by atoms with van der Waals surface area (Å²) in [6.45, 7) is 9.52. The standard InChI is InChI=1S/C30H38N2O6/c1-3-5-19-38-25-11-7-22(8-12-25)27-26(28(33)23-9-13-24(14-10-23)37-4-2)29(34)30(35)32(27)16-6-15-31-17-20-36-21-18-31/h7-14,27,33H,3-6,15-21H2,1-2H3. The first kappa shape index (κ1) is 27.7. The van der Waals surface area contributed by atoms with E-state index in [1.807, 2.05) is 31.2 Å². The lowest BCUT2D eigenvalue weighted by Gasteiger charge is -2.29. The van der Waals surface area contributed by atoms with E-state index < -0.39 is 17.7 Å². The molecular weight excluding hydrogens is 484 g/mol. The fraction of sp³-hybridized carbons (Fsp3) is 0.467. The fourth-order valence-corrected chi connectivity index (χ4v) is 4.86. The lowest BCUT2D eigenvalue weighted by Crippen LogP contribution is -2.38. The van der Waals surface area contributed by atoms with Crippen molar-refractivity contribution in [2.75, 3.05) is 52.6 Å². The summed E-state index contributed by atoms with van der Waals surface area (Å²) in [6, 6.07) is 13.7. The van der Waals surface area contributed by atoms with Crippen molar-refractivity contribution in [3.05, 3.63) is 65.2 Å². The number of unbranched alkanes of at least 4 members (excludes halogenated alkanes) is 1. The van der Waals surface area contributed by atoms with E-state index in [2.05, 4.69) is 11.8 Å². The monoisotopic (exact) mass is 522 g/mol. The molecule has 4 rings (SSSR count). The molecular formula is C30H38N2O6. The molecule has 2 aliphatic rings. The number of likely N-dealkylation sites (tertiary alicyclic amines) is 1. The average molecular weight is 523 g/mol. The third-order valence-electron chi connectivity index (χ3n) is 6.92. The molecule has 2 aromatic carbocycles. The van der Waals surface area contributed by atoms with E-state index in [9.17, 15) is 14.7 Å². The molecule has 0 radical (unpaired) electrons. The van der Waals surface area contributed by atoms with E-state index in [1.165, 1.54) is 0 Å². The van der Waals surface area contributed by atoms with Gasteiger partial charge < -0.3 is 24.2 Å². The van der Waals surface area contributed by atoms with Crippen LogP contribution in [0.15, 0.2) is 54.1 Å². The number of benzene rings is 2. The largest absolute Gasteiger partial charge is 0.507 e. The van der Waals surface area contributed by atoms with E-state index in [-0.39, 0.29) is 11.3 Å². The molecule has 2 heterocycles. The molecule has 0 aliphatic carbocycles. The molecule has 38 heavy (non-hydrogen) atoms. The lowest BCUT2D eigenvalue weighted by molar-refractivity contribution is -0.140. The lowest BCUT2D eigenvalue weighted by atomic mass is 9.95. The van der Waals surface area contributed by atoms with Gasteiger partial charge in [0.05, 0.1) is 38.0 Å². The number of nitrogens with zero attached hydrogens (tertiary/aromatic N) is 2. The van der Waals surface area contributed by atoms with Crippen molar-refractivity contribution in [1.82, 2.24) is 9.80 Å². The molecule has 2 fully saturated rings. The zero-order valence-electron chi connectivity index (χ0n) is 22.4. The number of carbonyl (C=O) groups excluding carboxylic acids is 2. The highest BCUT2D eigenvalue weighted by atomic mass is 16.5. The number of morpholine rings is 1. The molecule has 0 aromatic heterocycles. The van der Waals surface area contributed by atoms with E-state index in [0.29, 0.717) is 50.7 Å². The van der Waals surface area contributed by atoms with Gasteiger partial charge in [0.2, 0.25) is 0 Å². The summed E-state index contributed by atoms with van der Waals surface area (Å²) in [7, 11) is 0. The first-order chi connectivity index (χ1) is 18.5. The van der Waals surface area contributed by atoms with Crippen molar-refractivity contribution in [3.8, 4) is 11.5 Å². The summed E-state index contributed by atoms with van der Waals surface area (Å²) in [6.07, 6.45) is 2.72. The van der Waals surface area contributed by atoms with Crippen LogP contribution < -0.4 is 9.47 Å². The molecule has 1 atom stereocenters. The predicted octanol–water partition coefficient (Wildman–Crippen LogP) is 4.41. The smallest absolute Gasteiger partial charge is 0.295 e. The Morgan fingerprint density at radius 2 is 1.58 bits per heavy atom. The molecule has 8 heteroatoms. The van der Waals surface area contributed by atoms with Crippen LogP contribution in [-0.4, -0.2) is 79.2 Å². The van der Waals surface area contributed by atoms with Crippen LogP contribution in [0, 0.1) is 0 Å². The number of rotatable bonds is 12. The zero-order chi connectivity index (χ0) is 26.9. The van der Waals surface area contributed by atoms with E-state index in [0.717, 1.165) is 43.8 Å². The van der Waals surface area contributed by atoms with Gasteiger partial charge in [-0.3, -0.25) is 14.5 Å². The number of carbonyl (C=O) groups is 2. The highest BCUT2D eigenvalue weighted by Crippen LogP contribution is 2.40. The highest BCUT2D eigenvalue weighted by Gasteiger charge is 2.45. The number of ketones is 1. The van der Waals surface area contributed by atoms with Gasteiger partial charge in [0.15, 0.2) is 0 Å². The molecule has 8 nitrogen and oxygen atoms in total. The molecule has 1 unspecified atom stereocenters. The fourth-order valence-electron chi connectivity index (χ4n) is 4.86. The van der Waals surface area contributed by atoms with Crippen LogP contribution in [0.5, 0.6) is 11.5 Å². The molecule has 2 aliphatic heterocycles. The summed E-state index contributed by atoms with van der Waals surface area (Å²) in [4.78, 5) is 30.5. The Hall–Kier alpha value is -3.36. The minimum absolute atomic E-state index is 0.102. The van der Waals surface area contributed by atoms with E-state index in [1.54, 1.807) is 29.2 Å². The van der Waals surface area contributed by atoms with Crippen molar-refractivity contribution >= 4 is 17.4 Å². The van der Waals surface area contributed by atoms with Gasteiger partial charge in [-0.15, -0.1) is 0 Å². The normalized spacial score (nSPS) is 19.6. The SMILES string of the molecule is CCCCOc1ccc(C2C(=C(O)c3ccc(OCC)cc3)C(=O)C(=O)N2CCCN2CCOCC2)cc1. The molecule has 2 saturated heterocycles. The van der Waals surface area contributed by atoms with Gasteiger partial charge in [-0.1, -0.05) is 25.5 Å². The van der Waals surface area contributed by atoms with Crippen molar-refractivity contribution in [1.29, 1.82) is 0 Å². The van der Waals surface area contributed by atoms with Crippen LogP contribution in [-0.2, 0) is 14.3 Å². The van der Waals surface area contributed by atoms with E-state index >= 15 is 0 Å². The predicted molar refractivity (Wildman–Crippen MR) is 145 cm³/mol. The molecule has 1 amide bonds. The maximum absolute atomic E-state index is 13.3. The van der Waals surface area contributed by atoms with Crippen LogP contribution >= 0.6 is 0 Å². The number of hydrogen-bond acceptors (Lipinski definition) is 7. The second kappa shape index (κ2) is 13.4. The average Bonchev–Trinajstić information content (AvgIpc) is 3.19. The second-order valence-corrected chi connectivity index (χ2v) is 9.53. The minimum atomic E-state index is -0.684. The number of amides is 1. The van der Waals surface area contributed by atoms with Crippen molar-refractivity contribution in [2.45, 2.75) is 39.2 Å². The molecule has 0 saturated carbocycles. The molecule has 2 aromatic rings. The van der Waals surface area contributed by atoms with Crippen molar-refractivity contribution in [2.24, 2.45) is 0 Å². The number of ether oxygens (including phenoxy) is 3. The Bertz CT molecular complexity index is 1110. The van der Waals surface area contributed by atoms with Crippen LogP contribution in [0.1, 0.15) is 50.3 Å². The Kier molecular flexibility index (Phi) is 9.79. The molecule has 0 bridgehead atoms. The number of aliphatic hydroxyl groups is 1. The van der Waals surface area contributed by atoms with Crippen molar-refractivity contribution < 1.29 is 28.9 Å². The molecule has 1 N–H and O–H groups in total. The Labute approximate surface area is 224 Å². The summed E-state index contributed by atoms with van der Waals surface area (Å²) in [5, 5.41) is 11.3. The quantitative estimate of drug-likeness (QED) is 0.191. The van der Waals surface area contributed by atoms with Crippen LogP contribution in [0.3, 0.4) is 0 Å².